The van der Waals surface area contributed by atoms with Gasteiger partial charge in [0, 0.05) is 16.8 Å². The Bertz CT molecular complexity index is 774. The van der Waals surface area contributed by atoms with E-state index in [1.807, 2.05) is 0 Å². The molecule has 0 saturated carbocycles. The number of fused-ring (bicyclic) bond motifs is 1. The molecule has 0 bridgehead atoms. The quantitative estimate of drug-likeness (QED) is 0.735. The second-order valence-corrected chi connectivity index (χ2v) is 5.55. The van der Waals surface area contributed by atoms with Gasteiger partial charge in [-0.1, -0.05) is 0 Å². The molecule has 0 radical (unpaired) electrons. The lowest BCUT2D eigenvalue weighted by atomic mass is 9.96. The predicted molar refractivity (Wildman–Crippen MR) is 83.2 cm³/mol. The molecule has 1 heterocycles. The molecular formula is C16H16F2N4O3. The number of ether oxygens (including phenoxy) is 1. The number of hydrogen-bond donors (Lipinski definition) is 3. The molecule has 2 amide bonds. The Morgan fingerprint density at radius 1 is 1.08 bits per heavy atom. The standard InChI is InChI=1S/C16H16F2N4O3/c17-16(18)25-10-7-5-9(6-8-10)14(23)21-22-15(24)13-11-3-1-2-4-12(11)19-20-13/h5-8,16H,1-4H2,(H,19,20)(H,21,23)(H,22,24). The lowest BCUT2D eigenvalue weighted by molar-refractivity contribution is -0.0498. The van der Waals surface area contributed by atoms with Crippen molar-refractivity contribution in [3.8, 4) is 5.75 Å². The minimum Gasteiger partial charge on any atom is -0.435 e. The summed E-state index contributed by atoms with van der Waals surface area (Å²) in [6, 6.07) is 5.12. The van der Waals surface area contributed by atoms with Crippen molar-refractivity contribution in [3.63, 3.8) is 0 Å². The van der Waals surface area contributed by atoms with Crippen LogP contribution in [0.15, 0.2) is 24.3 Å². The van der Waals surface area contributed by atoms with Crippen LogP contribution >= 0.6 is 0 Å². The average molecular weight is 350 g/mol. The Labute approximate surface area is 141 Å². The van der Waals surface area contributed by atoms with Crippen molar-refractivity contribution in [2.45, 2.75) is 32.3 Å². The summed E-state index contributed by atoms with van der Waals surface area (Å²) in [6.07, 6.45) is 3.67. The van der Waals surface area contributed by atoms with E-state index in [2.05, 4.69) is 25.8 Å². The van der Waals surface area contributed by atoms with Gasteiger partial charge in [0.05, 0.1) is 0 Å². The number of benzene rings is 1. The highest BCUT2D eigenvalue weighted by atomic mass is 19.3. The normalized spacial score (nSPS) is 13.2. The minimum atomic E-state index is -2.93. The first-order valence-corrected chi connectivity index (χ1v) is 7.76. The third kappa shape index (κ3) is 3.93. The maximum Gasteiger partial charge on any atom is 0.387 e. The molecule has 0 fully saturated rings. The topological polar surface area (TPSA) is 96.1 Å². The van der Waals surface area contributed by atoms with Gasteiger partial charge >= 0.3 is 6.61 Å². The number of aromatic nitrogens is 2. The number of carbonyl (C=O) groups is 2. The molecule has 3 N–H and O–H groups in total. The van der Waals surface area contributed by atoms with Crippen LogP contribution in [0, 0.1) is 0 Å². The molecule has 0 atom stereocenters. The van der Waals surface area contributed by atoms with Crippen molar-refractivity contribution in [2.75, 3.05) is 0 Å². The second-order valence-electron chi connectivity index (χ2n) is 5.55. The first-order valence-electron chi connectivity index (χ1n) is 7.76. The van der Waals surface area contributed by atoms with Gasteiger partial charge < -0.3 is 4.74 Å². The smallest absolute Gasteiger partial charge is 0.387 e. The number of aryl methyl sites for hydroxylation is 1. The lowest BCUT2D eigenvalue weighted by Gasteiger charge is -2.11. The Hall–Kier alpha value is -2.97. The van der Waals surface area contributed by atoms with E-state index in [-0.39, 0.29) is 17.0 Å². The summed E-state index contributed by atoms with van der Waals surface area (Å²) in [6.45, 7) is -2.93. The van der Waals surface area contributed by atoms with Gasteiger partial charge in [0.2, 0.25) is 0 Å². The van der Waals surface area contributed by atoms with Gasteiger partial charge in [-0.3, -0.25) is 25.5 Å². The van der Waals surface area contributed by atoms with E-state index in [0.717, 1.165) is 36.9 Å². The zero-order valence-electron chi connectivity index (χ0n) is 13.1. The van der Waals surface area contributed by atoms with E-state index in [1.54, 1.807) is 0 Å². The zero-order chi connectivity index (χ0) is 17.8. The largest absolute Gasteiger partial charge is 0.435 e. The number of H-pyrrole nitrogens is 1. The molecule has 1 aromatic carbocycles. The second kappa shape index (κ2) is 7.29. The van der Waals surface area contributed by atoms with Gasteiger partial charge in [-0.25, -0.2) is 0 Å². The molecule has 1 aliphatic rings. The summed E-state index contributed by atoms with van der Waals surface area (Å²) in [5, 5.41) is 6.86. The summed E-state index contributed by atoms with van der Waals surface area (Å²) in [7, 11) is 0. The highest BCUT2D eigenvalue weighted by Crippen LogP contribution is 2.21. The molecule has 0 saturated heterocycles. The van der Waals surface area contributed by atoms with Crippen LogP contribution in [-0.2, 0) is 12.8 Å². The molecule has 0 spiro atoms. The number of rotatable bonds is 4. The number of aromatic amines is 1. The molecule has 0 aliphatic heterocycles. The molecule has 2 aromatic rings. The van der Waals surface area contributed by atoms with E-state index < -0.39 is 18.4 Å². The lowest BCUT2D eigenvalue weighted by Crippen LogP contribution is -2.42. The fourth-order valence-electron chi connectivity index (χ4n) is 2.70. The summed E-state index contributed by atoms with van der Waals surface area (Å²) in [4.78, 5) is 24.2. The summed E-state index contributed by atoms with van der Waals surface area (Å²) in [5.41, 5.74) is 6.88. The number of amides is 2. The van der Waals surface area contributed by atoms with Crippen molar-refractivity contribution in [1.29, 1.82) is 0 Å². The van der Waals surface area contributed by atoms with E-state index in [0.29, 0.717) is 0 Å². The number of nitrogens with one attached hydrogen (secondary N) is 3. The van der Waals surface area contributed by atoms with E-state index >= 15 is 0 Å². The number of hydrazine groups is 1. The summed E-state index contributed by atoms with van der Waals surface area (Å²) >= 11 is 0. The first kappa shape index (κ1) is 16.9. The predicted octanol–water partition coefficient (Wildman–Crippen LogP) is 1.96. The van der Waals surface area contributed by atoms with Crippen molar-refractivity contribution < 1.29 is 23.1 Å². The summed E-state index contributed by atoms with van der Waals surface area (Å²) in [5.74, 6) is -1.15. The van der Waals surface area contributed by atoms with Crippen LogP contribution < -0.4 is 15.6 Å². The molecule has 0 unspecified atom stereocenters. The molecular weight excluding hydrogens is 334 g/mol. The number of carbonyl (C=O) groups excluding carboxylic acids is 2. The highest BCUT2D eigenvalue weighted by Gasteiger charge is 2.22. The Morgan fingerprint density at radius 3 is 2.48 bits per heavy atom. The SMILES string of the molecule is O=C(NNC(=O)c1n[nH]c2c1CCCC2)c1ccc(OC(F)F)cc1. The Balaban J connectivity index is 1.58. The van der Waals surface area contributed by atoms with Crippen LogP contribution in [0.25, 0.3) is 0 Å². The van der Waals surface area contributed by atoms with Crippen LogP contribution in [-0.4, -0.2) is 28.6 Å². The van der Waals surface area contributed by atoms with Crippen LogP contribution in [0.5, 0.6) is 5.75 Å². The first-order chi connectivity index (χ1) is 12.0. The minimum absolute atomic E-state index is 0.0567. The number of hydrogen-bond acceptors (Lipinski definition) is 4. The number of nitrogens with zero attached hydrogens (tertiary/aromatic N) is 1. The van der Waals surface area contributed by atoms with Crippen molar-refractivity contribution in [2.24, 2.45) is 0 Å². The van der Waals surface area contributed by atoms with Crippen LogP contribution in [0.1, 0.15) is 44.9 Å². The third-order valence-corrected chi connectivity index (χ3v) is 3.90. The van der Waals surface area contributed by atoms with E-state index in [1.165, 1.54) is 24.3 Å². The van der Waals surface area contributed by atoms with E-state index in [4.69, 9.17) is 0 Å². The van der Waals surface area contributed by atoms with Crippen molar-refractivity contribution >= 4 is 11.8 Å². The van der Waals surface area contributed by atoms with Gasteiger partial charge in [0.25, 0.3) is 11.8 Å². The zero-order valence-corrected chi connectivity index (χ0v) is 13.1. The summed E-state index contributed by atoms with van der Waals surface area (Å²) < 4.78 is 28.4. The monoisotopic (exact) mass is 350 g/mol. The molecule has 25 heavy (non-hydrogen) atoms. The highest BCUT2D eigenvalue weighted by molar-refractivity contribution is 5.99. The molecule has 9 heteroatoms. The van der Waals surface area contributed by atoms with Gasteiger partial charge in [-0.15, -0.1) is 0 Å². The van der Waals surface area contributed by atoms with E-state index in [9.17, 15) is 18.4 Å². The van der Waals surface area contributed by atoms with Crippen molar-refractivity contribution in [3.05, 3.63) is 46.8 Å². The molecule has 1 aliphatic carbocycles. The molecule has 1 aromatic heterocycles. The molecule has 3 rings (SSSR count). The van der Waals surface area contributed by atoms with Gasteiger partial charge in [0.15, 0.2) is 5.69 Å². The Morgan fingerprint density at radius 2 is 1.76 bits per heavy atom. The van der Waals surface area contributed by atoms with Gasteiger partial charge in [-0.05, 0) is 49.9 Å². The van der Waals surface area contributed by atoms with Crippen molar-refractivity contribution in [1.82, 2.24) is 21.0 Å². The fourth-order valence-corrected chi connectivity index (χ4v) is 2.70. The Kier molecular flexibility index (Phi) is 4.92. The van der Waals surface area contributed by atoms with Crippen LogP contribution in [0.4, 0.5) is 8.78 Å². The average Bonchev–Trinajstić information content (AvgIpc) is 3.03. The molecule has 132 valence electrons. The number of alkyl halides is 2. The van der Waals surface area contributed by atoms with Gasteiger partial charge in [-0.2, -0.15) is 13.9 Å². The number of halogens is 2. The fraction of sp³-hybridized carbons (Fsp3) is 0.312. The third-order valence-electron chi connectivity index (χ3n) is 3.90. The van der Waals surface area contributed by atoms with Crippen LogP contribution in [0.3, 0.4) is 0 Å². The van der Waals surface area contributed by atoms with Crippen LogP contribution in [0.2, 0.25) is 0 Å². The molecule has 7 nitrogen and oxygen atoms in total. The van der Waals surface area contributed by atoms with Gasteiger partial charge in [0.1, 0.15) is 5.75 Å². The maximum atomic E-state index is 12.2. The maximum absolute atomic E-state index is 12.2.